The number of methoxy groups -OCH3 is 2. The SMILES string of the molecule is COc1ccc(/C=C/S/C=C/c2ccc(OC)cc2)cc1. The summed E-state index contributed by atoms with van der Waals surface area (Å²) in [7, 11) is 3.34. The van der Waals surface area contributed by atoms with Gasteiger partial charge in [0.25, 0.3) is 0 Å². The summed E-state index contributed by atoms with van der Waals surface area (Å²) >= 11 is 1.64. The highest BCUT2D eigenvalue weighted by Crippen LogP contribution is 2.17. The largest absolute Gasteiger partial charge is 0.497 e. The molecule has 3 heteroatoms. The molecule has 0 heterocycles. The second-order valence-electron chi connectivity index (χ2n) is 4.29. The average Bonchev–Trinajstić information content (AvgIpc) is 2.55. The van der Waals surface area contributed by atoms with Gasteiger partial charge in [0.05, 0.1) is 14.2 Å². The summed E-state index contributed by atoms with van der Waals surface area (Å²) < 4.78 is 10.3. The van der Waals surface area contributed by atoms with Crippen molar-refractivity contribution in [2.45, 2.75) is 0 Å². The van der Waals surface area contributed by atoms with E-state index in [1.165, 1.54) is 0 Å². The zero-order valence-corrected chi connectivity index (χ0v) is 13.0. The Bertz CT molecular complexity index is 543. The molecule has 0 aliphatic carbocycles. The maximum atomic E-state index is 5.13. The summed E-state index contributed by atoms with van der Waals surface area (Å²) in [5.41, 5.74) is 2.31. The Labute approximate surface area is 130 Å². The fourth-order valence-corrected chi connectivity index (χ4v) is 2.27. The summed E-state index contributed by atoms with van der Waals surface area (Å²) in [6.07, 6.45) is 4.14. The predicted molar refractivity (Wildman–Crippen MR) is 91.6 cm³/mol. The number of benzene rings is 2. The van der Waals surface area contributed by atoms with Crippen molar-refractivity contribution in [1.29, 1.82) is 0 Å². The Morgan fingerprint density at radius 3 is 1.38 bits per heavy atom. The molecule has 2 rings (SSSR count). The van der Waals surface area contributed by atoms with Crippen molar-refractivity contribution in [3.8, 4) is 11.5 Å². The van der Waals surface area contributed by atoms with Crippen molar-refractivity contribution in [3.63, 3.8) is 0 Å². The first-order chi connectivity index (χ1) is 10.3. The van der Waals surface area contributed by atoms with Crippen LogP contribution >= 0.6 is 11.8 Å². The van der Waals surface area contributed by atoms with Gasteiger partial charge in [-0.15, -0.1) is 11.8 Å². The van der Waals surface area contributed by atoms with Crippen LogP contribution in [-0.4, -0.2) is 14.2 Å². The van der Waals surface area contributed by atoms with E-state index in [1.54, 1.807) is 26.0 Å². The van der Waals surface area contributed by atoms with Crippen molar-refractivity contribution in [2.75, 3.05) is 14.2 Å². The van der Waals surface area contributed by atoms with Gasteiger partial charge in [-0.25, -0.2) is 0 Å². The third-order valence-electron chi connectivity index (χ3n) is 2.91. The van der Waals surface area contributed by atoms with Gasteiger partial charge in [-0.3, -0.25) is 0 Å². The molecular weight excluding hydrogens is 280 g/mol. The van der Waals surface area contributed by atoms with E-state index >= 15 is 0 Å². The van der Waals surface area contributed by atoms with Gasteiger partial charge in [-0.1, -0.05) is 24.3 Å². The fraction of sp³-hybridized carbons (Fsp3) is 0.111. The lowest BCUT2D eigenvalue weighted by Gasteiger charge is -1.99. The van der Waals surface area contributed by atoms with Crippen LogP contribution in [0.25, 0.3) is 12.2 Å². The molecule has 108 valence electrons. The molecule has 21 heavy (non-hydrogen) atoms. The lowest BCUT2D eigenvalue weighted by molar-refractivity contribution is 0.414. The highest BCUT2D eigenvalue weighted by atomic mass is 32.2. The van der Waals surface area contributed by atoms with Crippen molar-refractivity contribution >= 4 is 23.9 Å². The zero-order valence-electron chi connectivity index (χ0n) is 12.2. The summed E-state index contributed by atoms with van der Waals surface area (Å²) in [4.78, 5) is 0. The molecule has 0 saturated carbocycles. The van der Waals surface area contributed by atoms with Crippen LogP contribution in [0.15, 0.2) is 59.3 Å². The molecule has 0 amide bonds. The molecule has 2 aromatic carbocycles. The van der Waals surface area contributed by atoms with Crippen molar-refractivity contribution in [2.24, 2.45) is 0 Å². The quantitative estimate of drug-likeness (QED) is 0.741. The number of hydrogen-bond donors (Lipinski definition) is 0. The van der Waals surface area contributed by atoms with Crippen LogP contribution in [0.1, 0.15) is 11.1 Å². The molecule has 0 aliphatic rings. The maximum absolute atomic E-state index is 5.13. The highest BCUT2D eigenvalue weighted by molar-refractivity contribution is 8.05. The Morgan fingerprint density at radius 1 is 0.667 bits per heavy atom. The van der Waals surface area contributed by atoms with Gasteiger partial charge < -0.3 is 9.47 Å². The van der Waals surface area contributed by atoms with Gasteiger partial charge in [0.2, 0.25) is 0 Å². The minimum atomic E-state index is 0.874. The number of rotatable bonds is 6. The van der Waals surface area contributed by atoms with E-state index in [1.807, 2.05) is 48.5 Å². The first-order valence-corrected chi connectivity index (χ1v) is 7.53. The minimum absolute atomic E-state index is 0.874. The van der Waals surface area contributed by atoms with Gasteiger partial charge in [-0.2, -0.15) is 0 Å². The third-order valence-corrected chi connectivity index (χ3v) is 3.50. The normalized spacial score (nSPS) is 11.1. The maximum Gasteiger partial charge on any atom is 0.118 e. The van der Waals surface area contributed by atoms with Crippen LogP contribution in [0.3, 0.4) is 0 Å². The average molecular weight is 298 g/mol. The monoisotopic (exact) mass is 298 g/mol. The van der Waals surface area contributed by atoms with E-state index in [0.29, 0.717) is 0 Å². The predicted octanol–water partition coefficient (Wildman–Crippen LogP) is 5.08. The molecular formula is C18H18O2S. The smallest absolute Gasteiger partial charge is 0.118 e. The van der Waals surface area contributed by atoms with Gasteiger partial charge >= 0.3 is 0 Å². The molecule has 0 saturated heterocycles. The number of hydrogen-bond acceptors (Lipinski definition) is 3. The molecule has 0 fully saturated rings. The Balaban J connectivity index is 1.84. The first kappa shape index (κ1) is 15.3. The van der Waals surface area contributed by atoms with Crippen molar-refractivity contribution in [1.82, 2.24) is 0 Å². The van der Waals surface area contributed by atoms with Crippen molar-refractivity contribution in [3.05, 3.63) is 70.5 Å². The van der Waals surface area contributed by atoms with Crippen LogP contribution in [0.4, 0.5) is 0 Å². The molecule has 0 unspecified atom stereocenters. The standard InChI is InChI=1S/C18H18O2S/c1-19-17-7-3-15(4-8-17)11-13-21-14-12-16-5-9-18(20-2)10-6-16/h3-14H,1-2H3/b13-11+,14-12+. The van der Waals surface area contributed by atoms with Crippen LogP contribution in [0.5, 0.6) is 11.5 Å². The molecule has 2 nitrogen and oxygen atoms in total. The van der Waals surface area contributed by atoms with E-state index in [-0.39, 0.29) is 0 Å². The van der Waals surface area contributed by atoms with Crippen LogP contribution in [0.2, 0.25) is 0 Å². The summed E-state index contributed by atoms with van der Waals surface area (Å²) in [6.45, 7) is 0. The van der Waals surface area contributed by atoms with E-state index in [0.717, 1.165) is 22.6 Å². The van der Waals surface area contributed by atoms with Crippen molar-refractivity contribution < 1.29 is 9.47 Å². The topological polar surface area (TPSA) is 18.5 Å². The summed E-state index contributed by atoms with van der Waals surface area (Å²) in [5, 5.41) is 4.11. The molecule has 0 radical (unpaired) electrons. The van der Waals surface area contributed by atoms with Gasteiger partial charge in [-0.05, 0) is 58.4 Å². The summed E-state index contributed by atoms with van der Waals surface area (Å²) in [6, 6.07) is 15.9. The van der Waals surface area contributed by atoms with Gasteiger partial charge in [0.1, 0.15) is 11.5 Å². The Hall–Kier alpha value is -2.13. The molecule has 0 N–H and O–H groups in total. The lowest BCUT2D eigenvalue weighted by atomic mass is 10.2. The molecule has 0 aliphatic heterocycles. The second kappa shape index (κ2) is 8.22. The van der Waals surface area contributed by atoms with E-state index in [4.69, 9.17) is 9.47 Å². The molecule has 0 spiro atoms. The first-order valence-electron chi connectivity index (χ1n) is 6.58. The van der Waals surface area contributed by atoms with Crippen LogP contribution in [-0.2, 0) is 0 Å². The lowest BCUT2D eigenvalue weighted by Crippen LogP contribution is -1.81. The molecule has 0 aromatic heterocycles. The number of ether oxygens (including phenoxy) is 2. The van der Waals surface area contributed by atoms with E-state index in [9.17, 15) is 0 Å². The molecule has 2 aromatic rings. The highest BCUT2D eigenvalue weighted by Gasteiger charge is 1.90. The Morgan fingerprint density at radius 2 is 1.05 bits per heavy atom. The fourth-order valence-electron chi connectivity index (χ4n) is 1.71. The minimum Gasteiger partial charge on any atom is -0.497 e. The second-order valence-corrected chi connectivity index (χ2v) is 5.10. The van der Waals surface area contributed by atoms with Crippen LogP contribution in [0, 0.1) is 0 Å². The zero-order chi connectivity index (χ0) is 14.9. The molecule has 0 atom stereocenters. The van der Waals surface area contributed by atoms with Gasteiger partial charge in [0, 0.05) is 0 Å². The van der Waals surface area contributed by atoms with E-state index < -0.39 is 0 Å². The van der Waals surface area contributed by atoms with Gasteiger partial charge in [0.15, 0.2) is 0 Å². The summed E-state index contributed by atoms with van der Waals surface area (Å²) in [5.74, 6) is 1.75. The number of thioether (sulfide) groups is 1. The molecule has 0 bridgehead atoms. The Kier molecular flexibility index (Phi) is 5.98. The van der Waals surface area contributed by atoms with E-state index in [2.05, 4.69) is 23.0 Å². The van der Waals surface area contributed by atoms with Crippen LogP contribution < -0.4 is 9.47 Å². The third kappa shape index (κ3) is 5.04.